The Labute approximate surface area is 219 Å². The number of rotatable bonds is 5. The predicted octanol–water partition coefficient (Wildman–Crippen LogP) is 5.18. The summed E-state index contributed by atoms with van der Waals surface area (Å²) in [7, 11) is 3.46. The van der Waals surface area contributed by atoms with Crippen molar-refractivity contribution in [2.24, 2.45) is 11.8 Å². The third kappa shape index (κ3) is 5.49. The second-order valence-corrected chi connectivity index (χ2v) is 11.4. The fourth-order valence-electron chi connectivity index (χ4n) is 5.71. The first-order valence-electron chi connectivity index (χ1n) is 12.9. The van der Waals surface area contributed by atoms with Gasteiger partial charge in [0.1, 0.15) is 5.75 Å². The number of hydrogen-bond donors (Lipinski definition) is 1. The lowest BCUT2D eigenvalue weighted by atomic mass is 9.77. The highest BCUT2D eigenvalue weighted by atomic mass is 35.5. The second-order valence-electron chi connectivity index (χ2n) is 11.0. The van der Waals surface area contributed by atoms with E-state index in [9.17, 15) is 14.7 Å². The number of phenolic OH excluding ortho intramolecular Hbond substituents is 1. The molecule has 0 aliphatic carbocycles. The van der Waals surface area contributed by atoms with Gasteiger partial charge in [-0.2, -0.15) is 0 Å². The first-order valence-corrected chi connectivity index (χ1v) is 13.3. The molecule has 4 rings (SSSR count). The van der Waals surface area contributed by atoms with Crippen molar-refractivity contribution >= 4 is 29.1 Å². The summed E-state index contributed by atoms with van der Waals surface area (Å²) >= 11 is 6.44. The Morgan fingerprint density at radius 2 is 1.47 bits per heavy atom. The smallest absolute Gasteiger partial charge is 0.254 e. The first kappa shape index (κ1) is 26.3. The van der Waals surface area contributed by atoms with Gasteiger partial charge >= 0.3 is 0 Å². The molecule has 0 unspecified atom stereocenters. The van der Waals surface area contributed by atoms with Crippen molar-refractivity contribution in [3.8, 4) is 5.75 Å². The van der Waals surface area contributed by atoms with Gasteiger partial charge in [0.05, 0.1) is 16.0 Å². The molecule has 0 saturated carbocycles. The van der Waals surface area contributed by atoms with Crippen molar-refractivity contribution in [2.75, 3.05) is 45.2 Å². The van der Waals surface area contributed by atoms with E-state index in [1.165, 1.54) is 0 Å². The van der Waals surface area contributed by atoms with Crippen LogP contribution in [0, 0.1) is 11.8 Å². The van der Waals surface area contributed by atoms with Crippen LogP contribution in [0.2, 0.25) is 5.02 Å². The topological polar surface area (TPSA) is 64.1 Å². The van der Waals surface area contributed by atoms with Crippen LogP contribution >= 0.6 is 11.6 Å². The fourth-order valence-corrected chi connectivity index (χ4v) is 5.97. The molecule has 7 heteroatoms. The van der Waals surface area contributed by atoms with E-state index >= 15 is 0 Å². The van der Waals surface area contributed by atoms with Crippen molar-refractivity contribution in [3.05, 3.63) is 58.6 Å². The number of nitrogens with zero attached hydrogens (tertiary/aromatic N) is 3. The number of aromatic hydroxyl groups is 1. The Hall–Kier alpha value is -2.73. The summed E-state index contributed by atoms with van der Waals surface area (Å²) in [4.78, 5) is 31.5. The zero-order valence-corrected chi connectivity index (χ0v) is 22.6. The van der Waals surface area contributed by atoms with Crippen LogP contribution in [0.1, 0.15) is 55.5 Å². The van der Waals surface area contributed by atoms with Gasteiger partial charge in [-0.1, -0.05) is 23.7 Å². The molecule has 1 N–H and O–H groups in total. The molecule has 0 aromatic heterocycles. The molecule has 0 atom stereocenters. The number of amides is 2. The Morgan fingerprint density at radius 1 is 0.917 bits per heavy atom. The molecule has 2 fully saturated rings. The number of anilines is 1. The van der Waals surface area contributed by atoms with Gasteiger partial charge in [0, 0.05) is 46.0 Å². The summed E-state index contributed by atoms with van der Waals surface area (Å²) in [6.45, 7) is 7.52. The van der Waals surface area contributed by atoms with E-state index in [0.717, 1.165) is 63.1 Å². The van der Waals surface area contributed by atoms with Crippen LogP contribution in [0.5, 0.6) is 5.75 Å². The van der Waals surface area contributed by atoms with Gasteiger partial charge in [0.15, 0.2) is 0 Å². The molecule has 2 aliphatic heterocycles. The molecule has 2 aromatic rings. The average Bonchev–Trinajstić information content (AvgIpc) is 2.88. The molecule has 0 bridgehead atoms. The van der Waals surface area contributed by atoms with Gasteiger partial charge in [0.2, 0.25) is 5.91 Å². The molecule has 2 amide bonds. The summed E-state index contributed by atoms with van der Waals surface area (Å²) < 4.78 is 0. The van der Waals surface area contributed by atoms with Crippen molar-refractivity contribution in [1.29, 1.82) is 0 Å². The highest BCUT2D eigenvalue weighted by Crippen LogP contribution is 2.36. The maximum absolute atomic E-state index is 13.3. The van der Waals surface area contributed by atoms with E-state index in [4.69, 9.17) is 11.6 Å². The Bertz CT molecular complexity index is 1080. The summed E-state index contributed by atoms with van der Waals surface area (Å²) in [5.41, 5.74) is 1.93. The molecule has 36 heavy (non-hydrogen) atoms. The zero-order valence-electron chi connectivity index (χ0n) is 21.8. The molecular formula is C29H38ClN3O3. The Kier molecular flexibility index (Phi) is 7.84. The number of benzene rings is 2. The third-order valence-corrected chi connectivity index (χ3v) is 8.42. The van der Waals surface area contributed by atoms with Crippen molar-refractivity contribution < 1.29 is 14.7 Å². The summed E-state index contributed by atoms with van der Waals surface area (Å²) in [6, 6.07) is 12.7. The highest BCUT2D eigenvalue weighted by Gasteiger charge is 2.37. The Morgan fingerprint density at radius 3 is 2.00 bits per heavy atom. The maximum Gasteiger partial charge on any atom is 0.254 e. The molecular weight excluding hydrogens is 474 g/mol. The number of halogens is 1. The standard InChI is InChI=1S/C29H38ClN3O3/c1-29(2,22-5-8-24(34)9-6-22)28(36)33-17-13-21(14-18-33)20-11-15-32(16-12-20)23-7-10-25(26(30)19-23)27(35)31(3)4/h5-10,19-21,34H,11-18H2,1-4H3. The number of likely N-dealkylation sites (tertiary alicyclic amines) is 1. The number of carbonyl (C=O) groups excluding carboxylic acids is 2. The minimum atomic E-state index is -0.611. The molecule has 6 nitrogen and oxygen atoms in total. The molecule has 0 radical (unpaired) electrons. The molecule has 194 valence electrons. The Balaban J connectivity index is 1.29. The van der Waals surface area contributed by atoms with Crippen LogP contribution in [0.3, 0.4) is 0 Å². The van der Waals surface area contributed by atoms with Gasteiger partial charge in [-0.15, -0.1) is 0 Å². The normalized spacial score (nSPS) is 17.8. The van der Waals surface area contributed by atoms with E-state index in [2.05, 4.69) is 4.90 Å². The van der Waals surface area contributed by atoms with Crippen LogP contribution in [-0.2, 0) is 10.2 Å². The monoisotopic (exact) mass is 511 g/mol. The number of carbonyl (C=O) groups is 2. The lowest BCUT2D eigenvalue weighted by molar-refractivity contribution is -0.138. The minimum Gasteiger partial charge on any atom is -0.508 e. The van der Waals surface area contributed by atoms with E-state index in [1.807, 2.05) is 49.1 Å². The summed E-state index contributed by atoms with van der Waals surface area (Å²) in [5.74, 6) is 1.62. The van der Waals surface area contributed by atoms with Crippen LogP contribution in [-0.4, -0.2) is 67.0 Å². The number of phenols is 1. The fraction of sp³-hybridized carbons (Fsp3) is 0.517. The summed E-state index contributed by atoms with van der Waals surface area (Å²) in [6.07, 6.45) is 4.37. The lowest BCUT2D eigenvalue weighted by Crippen LogP contribution is -2.48. The van der Waals surface area contributed by atoms with Crippen LogP contribution in [0.25, 0.3) is 0 Å². The molecule has 0 spiro atoms. The first-order chi connectivity index (χ1) is 17.1. The quantitative estimate of drug-likeness (QED) is 0.600. The SMILES string of the molecule is CN(C)C(=O)c1ccc(N2CCC(C3CCN(C(=O)C(C)(C)c4ccc(O)cc4)CC3)CC2)cc1Cl. The number of hydrogen-bond acceptors (Lipinski definition) is 4. The largest absolute Gasteiger partial charge is 0.508 e. The van der Waals surface area contributed by atoms with Crippen LogP contribution < -0.4 is 4.90 Å². The van der Waals surface area contributed by atoms with Crippen molar-refractivity contribution in [1.82, 2.24) is 9.80 Å². The van der Waals surface area contributed by atoms with E-state index in [0.29, 0.717) is 22.4 Å². The summed E-state index contributed by atoms with van der Waals surface area (Å²) in [5, 5.41) is 10.1. The minimum absolute atomic E-state index is 0.0819. The lowest BCUT2D eigenvalue weighted by Gasteiger charge is -2.42. The van der Waals surface area contributed by atoms with Gasteiger partial charge in [-0.05, 0) is 87.3 Å². The van der Waals surface area contributed by atoms with E-state index in [1.54, 1.807) is 31.1 Å². The molecule has 2 aliphatic rings. The van der Waals surface area contributed by atoms with Gasteiger partial charge in [-0.3, -0.25) is 9.59 Å². The average molecular weight is 512 g/mol. The van der Waals surface area contributed by atoms with Gasteiger partial charge in [0.25, 0.3) is 5.91 Å². The van der Waals surface area contributed by atoms with Crippen LogP contribution in [0.4, 0.5) is 5.69 Å². The molecule has 2 aromatic carbocycles. The van der Waals surface area contributed by atoms with Crippen molar-refractivity contribution in [3.63, 3.8) is 0 Å². The third-order valence-electron chi connectivity index (χ3n) is 8.11. The zero-order chi connectivity index (χ0) is 26.0. The van der Waals surface area contributed by atoms with E-state index in [-0.39, 0.29) is 17.6 Å². The molecule has 2 saturated heterocycles. The van der Waals surface area contributed by atoms with Gasteiger partial charge in [-0.25, -0.2) is 0 Å². The number of piperidine rings is 2. The predicted molar refractivity (Wildman–Crippen MR) is 145 cm³/mol. The highest BCUT2D eigenvalue weighted by molar-refractivity contribution is 6.34. The maximum atomic E-state index is 13.3. The molecule has 2 heterocycles. The van der Waals surface area contributed by atoms with Crippen molar-refractivity contribution in [2.45, 2.75) is 44.9 Å². The van der Waals surface area contributed by atoms with Gasteiger partial charge < -0.3 is 19.8 Å². The van der Waals surface area contributed by atoms with E-state index < -0.39 is 5.41 Å². The second kappa shape index (κ2) is 10.7. The van der Waals surface area contributed by atoms with Crippen LogP contribution in [0.15, 0.2) is 42.5 Å².